The molecule has 0 rings (SSSR count). The van der Waals surface area contributed by atoms with E-state index in [2.05, 4.69) is 31.3 Å². The average Bonchev–Trinajstić information content (AvgIpc) is 3.31. The molecule has 3 N–H and O–H groups in total. The zero-order valence-electron chi connectivity index (χ0n) is 43.7. The van der Waals surface area contributed by atoms with Crippen molar-refractivity contribution < 1.29 is 24.5 Å². The van der Waals surface area contributed by atoms with E-state index >= 15 is 0 Å². The predicted molar refractivity (Wildman–Crippen MR) is 283 cm³/mol. The number of unbranched alkanes of at least 4 members (excludes halogenated alkanes) is 41. The van der Waals surface area contributed by atoms with Gasteiger partial charge < -0.3 is 20.3 Å². The van der Waals surface area contributed by atoms with E-state index in [1.54, 1.807) is 6.08 Å². The molecule has 0 bridgehead atoms. The normalized spacial score (nSPS) is 12.7. The SMILES string of the molecule is CCCCCCCCCCCCCCCCCCCCCCC/C=C/C(O)C(CO)NC(=O)CCC/C=C\CCCCCCOC(=O)CCCCCCCCCCCCCCCCCC. The number of hydrogen-bond donors (Lipinski definition) is 3. The maximum Gasteiger partial charge on any atom is 0.305 e. The van der Waals surface area contributed by atoms with Crippen LogP contribution in [0.2, 0.25) is 0 Å². The largest absolute Gasteiger partial charge is 0.466 e. The Bertz CT molecular complexity index is 1010. The first-order valence-corrected chi connectivity index (χ1v) is 29.1. The molecule has 0 fully saturated rings. The Balaban J connectivity index is 3.54. The second-order valence-corrected chi connectivity index (χ2v) is 20.0. The zero-order valence-corrected chi connectivity index (χ0v) is 43.7. The van der Waals surface area contributed by atoms with Crippen LogP contribution in [0.15, 0.2) is 24.3 Å². The van der Waals surface area contributed by atoms with Gasteiger partial charge in [-0.2, -0.15) is 0 Å². The van der Waals surface area contributed by atoms with Crippen molar-refractivity contribution in [2.45, 2.75) is 328 Å². The quantitative estimate of drug-likeness (QED) is 0.0321. The average molecular weight is 917 g/mol. The van der Waals surface area contributed by atoms with E-state index in [0.29, 0.717) is 19.4 Å². The fraction of sp³-hybridized carbons (Fsp3) is 0.898. The van der Waals surface area contributed by atoms with Crippen LogP contribution in [-0.4, -0.2) is 47.4 Å². The minimum Gasteiger partial charge on any atom is -0.466 e. The summed E-state index contributed by atoms with van der Waals surface area (Å²) in [5.41, 5.74) is 0. The fourth-order valence-electron chi connectivity index (χ4n) is 8.99. The van der Waals surface area contributed by atoms with Crippen LogP contribution in [0.4, 0.5) is 0 Å². The highest BCUT2D eigenvalue weighted by Crippen LogP contribution is 2.17. The number of hydrogen-bond acceptors (Lipinski definition) is 5. The molecule has 0 aliphatic carbocycles. The van der Waals surface area contributed by atoms with Gasteiger partial charge in [-0.1, -0.05) is 276 Å². The molecule has 0 radical (unpaired) electrons. The summed E-state index contributed by atoms with van der Waals surface area (Å²) in [5.74, 6) is -0.159. The van der Waals surface area contributed by atoms with E-state index in [0.717, 1.165) is 70.6 Å². The number of aliphatic hydroxyl groups is 2. The molecule has 0 saturated heterocycles. The van der Waals surface area contributed by atoms with Gasteiger partial charge in [0.05, 0.1) is 25.4 Å². The molecule has 2 unspecified atom stereocenters. The molecule has 0 saturated carbocycles. The summed E-state index contributed by atoms with van der Waals surface area (Å²) in [6, 6.07) is -0.666. The lowest BCUT2D eigenvalue weighted by molar-refractivity contribution is -0.143. The predicted octanol–water partition coefficient (Wildman–Crippen LogP) is 17.9. The Labute approximate surface area is 405 Å². The zero-order chi connectivity index (χ0) is 47.2. The molecule has 0 spiro atoms. The van der Waals surface area contributed by atoms with Gasteiger partial charge in [0.2, 0.25) is 5.91 Å². The summed E-state index contributed by atoms with van der Waals surface area (Å²) in [7, 11) is 0. The number of carbonyl (C=O) groups is 2. The molecular weight excluding hydrogens is 803 g/mol. The highest BCUT2D eigenvalue weighted by Gasteiger charge is 2.18. The van der Waals surface area contributed by atoms with Crippen LogP contribution >= 0.6 is 0 Å². The van der Waals surface area contributed by atoms with Crippen LogP contribution < -0.4 is 5.32 Å². The van der Waals surface area contributed by atoms with E-state index in [1.165, 1.54) is 218 Å². The minimum absolute atomic E-state index is 0.0339. The number of amides is 1. The van der Waals surface area contributed by atoms with Gasteiger partial charge in [-0.25, -0.2) is 0 Å². The Morgan fingerprint density at radius 3 is 1.12 bits per heavy atom. The first-order valence-electron chi connectivity index (χ1n) is 29.1. The third-order valence-corrected chi connectivity index (χ3v) is 13.5. The molecule has 0 aromatic rings. The van der Waals surface area contributed by atoms with Gasteiger partial charge in [0.25, 0.3) is 0 Å². The smallest absolute Gasteiger partial charge is 0.305 e. The third-order valence-electron chi connectivity index (χ3n) is 13.5. The lowest BCUT2D eigenvalue weighted by atomic mass is 10.0. The fourth-order valence-corrected chi connectivity index (χ4v) is 8.99. The van der Waals surface area contributed by atoms with Crippen molar-refractivity contribution in [3.8, 4) is 0 Å². The molecule has 0 aliphatic heterocycles. The summed E-state index contributed by atoms with van der Waals surface area (Å²) >= 11 is 0. The van der Waals surface area contributed by atoms with E-state index in [1.807, 2.05) is 6.08 Å². The second-order valence-electron chi connectivity index (χ2n) is 20.0. The lowest BCUT2D eigenvalue weighted by Gasteiger charge is -2.19. The van der Waals surface area contributed by atoms with Gasteiger partial charge in [-0.05, 0) is 51.4 Å². The van der Waals surface area contributed by atoms with Crippen molar-refractivity contribution in [3.05, 3.63) is 24.3 Å². The molecule has 0 aromatic heterocycles. The number of allylic oxidation sites excluding steroid dienone is 3. The molecular formula is C59H113NO5. The highest BCUT2D eigenvalue weighted by atomic mass is 16.5. The molecule has 6 nitrogen and oxygen atoms in total. The number of esters is 1. The van der Waals surface area contributed by atoms with Crippen LogP contribution in [0.1, 0.15) is 316 Å². The van der Waals surface area contributed by atoms with E-state index in [9.17, 15) is 19.8 Å². The Morgan fingerprint density at radius 2 is 0.738 bits per heavy atom. The van der Waals surface area contributed by atoms with Crippen LogP contribution in [0, 0.1) is 0 Å². The molecule has 6 heteroatoms. The summed E-state index contributed by atoms with van der Waals surface area (Å²) in [5, 5.41) is 23.1. The Morgan fingerprint density at radius 1 is 0.415 bits per heavy atom. The van der Waals surface area contributed by atoms with Gasteiger partial charge in [0, 0.05) is 12.8 Å². The molecule has 384 valence electrons. The van der Waals surface area contributed by atoms with Crippen molar-refractivity contribution in [2.24, 2.45) is 0 Å². The van der Waals surface area contributed by atoms with Crippen molar-refractivity contribution in [1.82, 2.24) is 5.32 Å². The minimum atomic E-state index is -0.876. The number of aliphatic hydroxyl groups excluding tert-OH is 2. The number of nitrogens with one attached hydrogen (secondary N) is 1. The number of rotatable bonds is 54. The van der Waals surface area contributed by atoms with E-state index < -0.39 is 12.1 Å². The molecule has 65 heavy (non-hydrogen) atoms. The topological polar surface area (TPSA) is 95.9 Å². The van der Waals surface area contributed by atoms with Crippen molar-refractivity contribution >= 4 is 11.9 Å². The van der Waals surface area contributed by atoms with Gasteiger partial charge in [0.1, 0.15) is 0 Å². The van der Waals surface area contributed by atoms with Gasteiger partial charge in [0.15, 0.2) is 0 Å². The molecule has 0 aliphatic rings. The molecule has 1 amide bonds. The maximum absolute atomic E-state index is 12.5. The van der Waals surface area contributed by atoms with Crippen LogP contribution in [0.3, 0.4) is 0 Å². The molecule has 0 aromatic carbocycles. The second kappa shape index (κ2) is 54.9. The van der Waals surface area contributed by atoms with Crippen molar-refractivity contribution in [2.75, 3.05) is 13.2 Å². The van der Waals surface area contributed by atoms with Crippen molar-refractivity contribution in [1.29, 1.82) is 0 Å². The Hall–Kier alpha value is -1.66. The lowest BCUT2D eigenvalue weighted by Crippen LogP contribution is -2.45. The maximum atomic E-state index is 12.5. The third kappa shape index (κ3) is 51.6. The summed E-state index contributed by atoms with van der Waals surface area (Å²) in [4.78, 5) is 24.5. The van der Waals surface area contributed by atoms with Gasteiger partial charge in [-0.3, -0.25) is 9.59 Å². The number of ether oxygens (including phenoxy) is 1. The van der Waals surface area contributed by atoms with Crippen LogP contribution in [0.5, 0.6) is 0 Å². The Kier molecular flexibility index (Phi) is 53.5. The molecule has 0 heterocycles. The standard InChI is InChI=1S/C59H113NO5/c1-3-5-7-9-11-13-15-17-19-21-22-23-24-25-26-27-28-30-32-35-39-43-47-51-57(62)56(55-61)60-58(63)52-48-44-40-36-34-38-42-46-50-54-65-59(64)53-49-45-41-37-33-31-29-20-18-16-14-12-10-8-6-4-2/h36,40,47,51,56-57,61-62H,3-35,37-39,41-46,48-50,52-55H2,1-2H3,(H,60,63)/b40-36-,51-47+. The first kappa shape index (κ1) is 63.3. The molecule has 2 atom stereocenters. The highest BCUT2D eigenvalue weighted by molar-refractivity contribution is 5.76. The van der Waals surface area contributed by atoms with E-state index in [4.69, 9.17) is 4.74 Å². The number of carbonyl (C=O) groups excluding carboxylic acids is 2. The summed E-state index contributed by atoms with van der Waals surface area (Å²) < 4.78 is 5.45. The van der Waals surface area contributed by atoms with Crippen LogP contribution in [-0.2, 0) is 14.3 Å². The van der Waals surface area contributed by atoms with Crippen LogP contribution in [0.25, 0.3) is 0 Å². The summed E-state index contributed by atoms with van der Waals surface area (Å²) in [6.45, 7) is 4.84. The van der Waals surface area contributed by atoms with Gasteiger partial charge in [-0.15, -0.1) is 0 Å². The van der Waals surface area contributed by atoms with Crippen molar-refractivity contribution in [3.63, 3.8) is 0 Å². The van der Waals surface area contributed by atoms with E-state index in [-0.39, 0.29) is 18.5 Å². The monoisotopic (exact) mass is 916 g/mol. The van der Waals surface area contributed by atoms with Gasteiger partial charge >= 0.3 is 5.97 Å². The summed E-state index contributed by atoms with van der Waals surface area (Å²) in [6.07, 6.45) is 66.4. The first-order chi connectivity index (χ1) is 32.0.